The van der Waals surface area contributed by atoms with E-state index in [0.29, 0.717) is 17.9 Å². The zero-order valence-electron chi connectivity index (χ0n) is 12.3. The molecule has 0 heterocycles. The highest BCUT2D eigenvalue weighted by Crippen LogP contribution is 2.12. The lowest BCUT2D eigenvalue weighted by Gasteiger charge is -2.14. The van der Waals surface area contributed by atoms with Crippen molar-refractivity contribution in [3.05, 3.63) is 29.8 Å². The van der Waals surface area contributed by atoms with Crippen molar-refractivity contribution in [3.63, 3.8) is 0 Å². The summed E-state index contributed by atoms with van der Waals surface area (Å²) < 4.78 is 5.34. The monoisotopic (exact) mass is 311 g/mol. The van der Waals surface area contributed by atoms with Gasteiger partial charge in [0.05, 0.1) is 0 Å². The molecule has 1 amide bonds. The van der Waals surface area contributed by atoms with Crippen molar-refractivity contribution in [3.8, 4) is 5.75 Å². The fourth-order valence-electron chi connectivity index (χ4n) is 1.70. The summed E-state index contributed by atoms with van der Waals surface area (Å²) in [5, 5.41) is 11.5. The van der Waals surface area contributed by atoms with E-state index in [9.17, 15) is 9.59 Å². The zero-order valence-corrected chi connectivity index (χ0v) is 13.1. The van der Waals surface area contributed by atoms with E-state index in [0.717, 1.165) is 6.42 Å². The molecule has 2 N–H and O–H groups in total. The van der Waals surface area contributed by atoms with Crippen molar-refractivity contribution in [1.29, 1.82) is 0 Å². The van der Waals surface area contributed by atoms with Gasteiger partial charge in [-0.2, -0.15) is 11.8 Å². The molecular formula is C15H21NO4S. The molecule has 1 aromatic carbocycles. The van der Waals surface area contributed by atoms with Crippen LogP contribution in [-0.4, -0.2) is 41.6 Å². The van der Waals surface area contributed by atoms with E-state index < -0.39 is 17.9 Å². The second-order valence-corrected chi connectivity index (χ2v) is 5.51. The van der Waals surface area contributed by atoms with Crippen LogP contribution in [-0.2, 0) is 16.0 Å². The number of thioether (sulfide) groups is 1. The first-order chi connectivity index (χ1) is 10.1. The summed E-state index contributed by atoms with van der Waals surface area (Å²) >= 11 is 1.54. The van der Waals surface area contributed by atoms with Crippen LogP contribution in [0.15, 0.2) is 24.3 Å². The van der Waals surface area contributed by atoms with Crippen LogP contribution in [0.3, 0.4) is 0 Å². The Balaban J connectivity index is 2.42. The van der Waals surface area contributed by atoms with Gasteiger partial charge < -0.3 is 15.2 Å². The highest BCUT2D eigenvalue weighted by Gasteiger charge is 2.19. The van der Waals surface area contributed by atoms with Crippen LogP contribution in [0.5, 0.6) is 5.75 Å². The van der Waals surface area contributed by atoms with Crippen LogP contribution in [0.2, 0.25) is 0 Å². The summed E-state index contributed by atoms with van der Waals surface area (Å²) in [6, 6.07) is 6.61. The van der Waals surface area contributed by atoms with E-state index in [-0.39, 0.29) is 6.61 Å². The summed E-state index contributed by atoms with van der Waals surface area (Å²) in [5.74, 6) is -0.178. The second-order valence-electron chi connectivity index (χ2n) is 4.53. The minimum absolute atomic E-state index is 0.186. The van der Waals surface area contributed by atoms with E-state index in [1.807, 2.05) is 18.4 Å². The van der Waals surface area contributed by atoms with Crippen LogP contribution in [0, 0.1) is 0 Å². The molecule has 0 radical (unpaired) electrons. The van der Waals surface area contributed by atoms with E-state index in [1.54, 1.807) is 23.9 Å². The number of hydrogen-bond donors (Lipinski definition) is 2. The van der Waals surface area contributed by atoms with Gasteiger partial charge in [-0.15, -0.1) is 0 Å². The lowest BCUT2D eigenvalue weighted by molar-refractivity contribution is -0.142. The number of carboxylic acid groups (broad SMARTS) is 1. The minimum atomic E-state index is -1.02. The molecule has 1 unspecified atom stereocenters. The normalized spacial score (nSPS) is 11.7. The molecule has 0 spiro atoms. The number of ether oxygens (including phenoxy) is 1. The van der Waals surface area contributed by atoms with E-state index in [1.165, 1.54) is 5.56 Å². The van der Waals surface area contributed by atoms with E-state index >= 15 is 0 Å². The highest BCUT2D eigenvalue weighted by atomic mass is 32.2. The van der Waals surface area contributed by atoms with Gasteiger partial charge in [-0.1, -0.05) is 19.1 Å². The SMILES string of the molecule is CCc1ccc(OCC(=O)NC(CCSC)C(=O)O)cc1. The molecule has 116 valence electrons. The number of rotatable bonds is 9. The van der Waals surface area contributed by atoms with Gasteiger partial charge in [0.1, 0.15) is 11.8 Å². The molecule has 1 atom stereocenters. The van der Waals surface area contributed by atoms with Crippen LogP contribution < -0.4 is 10.1 Å². The average molecular weight is 311 g/mol. The molecule has 0 aliphatic carbocycles. The Kier molecular flexibility index (Phi) is 7.68. The molecule has 5 nitrogen and oxygen atoms in total. The van der Waals surface area contributed by atoms with Crippen molar-refractivity contribution >= 4 is 23.6 Å². The first-order valence-corrected chi connectivity index (χ1v) is 8.19. The maximum Gasteiger partial charge on any atom is 0.326 e. The van der Waals surface area contributed by atoms with Crippen molar-refractivity contribution < 1.29 is 19.4 Å². The molecule has 6 heteroatoms. The largest absolute Gasteiger partial charge is 0.484 e. The Morgan fingerprint density at radius 1 is 1.33 bits per heavy atom. The van der Waals surface area contributed by atoms with Crippen molar-refractivity contribution in [2.24, 2.45) is 0 Å². The van der Waals surface area contributed by atoms with Crippen LogP contribution in [0.4, 0.5) is 0 Å². The number of nitrogens with one attached hydrogen (secondary N) is 1. The zero-order chi connectivity index (χ0) is 15.7. The molecule has 21 heavy (non-hydrogen) atoms. The second kappa shape index (κ2) is 9.28. The summed E-state index contributed by atoms with van der Waals surface area (Å²) in [5.41, 5.74) is 1.19. The van der Waals surface area contributed by atoms with E-state index in [4.69, 9.17) is 9.84 Å². The molecule has 0 bridgehead atoms. The molecule has 1 rings (SSSR count). The number of hydrogen-bond acceptors (Lipinski definition) is 4. The van der Waals surface area contributed by atoms with Crippen LogP contribution in [0.25, 0.3) is 0 Å². The quantitative estimate of drug-likeness (QED) is 0.729. The van der Waals surface area contributed by atoms with Gasteiger partial charge in [0, 0.05) is 0 Å². The third-order valence-corrected chi connectivity index (χ3v) is 3.59. The van der Waals surface area contributed by atoms with Gasteiger partial charge in [-0.05, 0) is 42.5 Å². The Bertz CT molecular complexity index is 461. The molecule has 0 saturated heterocycles. The Morgan fingerprint density at radius 3 is 2.52 bits per heavy atom. The first-order valence-electron chi connectivity index (χ1n) is 6.79. The summed E-state index contributed by atoms with van der Waals surface area (Å²) in [6.45, 7) is 1.87. The molecule has 0 aliphatic heterocycles. The summed E-state index contributed by atoms with van der Waals surface area (Å²) in [7, 11) is 0. The lowest BCUT2D eigenvalue weighted by Crippen LogP contribution is -2.43. The minimum Gasteiger partial charge on any atom is -0.484 e. The maximum atomic E-state index is 11.7. The number of carboxylic acids is 1. The van der Waals surface area contributed by atoms with Crippen molar-refractivity contribution in [2.75, 3.05) is 18.6 Å². The third kappa shape index (κ3) is 6.53. The molecule has 0 saturated carbocycles. The van der Waals surface area contributed by atoms with Crippen LogP contribution >= 0.6 is 11.8 Å². The van der Waals surface area contributed by atoms with E-state index in [2.05, 4.69) is 12.2 Å². The number of carbonyl (C=O) groups excluding carboxylic acids is 1. The van der Waals surface area contributed by atoms with Crippen molar-refractivity contribution in [2.45, 2.75) is 25.8 Å². The topological polar surface area (TPSA) is 75.6 Å². The molecule has 0 aromatic heterocycles. The number of aliphatic carboxylic acids is 1. The fourth-order valence-corrected chi connectivity index (χ4v) is 2.17. The van der Waals surface area contributed by atoms with Gasteiger partial charge in [-0.25, -0.2) is 4.79 Å². The standard InChI is InChI=1S/C15H21NO4S/c1-3-11-4-6-12(7-5-11)20-10-14(17)16-13(15(18)19)8-9-21-2/h4-7,13H,3,8-10H2,1-2H3,(H,16,17)(H,18,19). The average Bonchev–Trinajstić information content (AvgIpc) is 2.49. The van der Waals surface area contributed by atoms with Gasteiger partial charge >= 0.3 is 5.97 Å². The Hall–Kier alpha value is -1.69. The molecule has 0 aliphatic rings. The fraction of sp³-hybridized carbons (Fsp3) is 0.467. The number of carbonyl (C=O) groups is 2. The predicted molar refractivity (Wildman–Crippen MR) is 83.9 cm³/mol. The number of benzene rings is 1. The van der Waals surface area contributed by atoms with Gasteiger partial charge in [-0.3, -0.25) is 4.79 Å². The summed E-state index contributed by atoms with van der Waals surface area (Å²) in [4.78, 5) is 22.7. The highest BCUT2D eigenvalue weighted by molar-refractivity contribution is 7.98. The molecular weight excluding hydrogens is 290 g/mol. The Labute approximate surface area is 129 Å². The first kappa shape index (κ1) is 17.4. The molecule has 0 fully saturated rings. The number of aryl methyl sites for hydroxylation is 1. The van der Waals surface area contributed by atoms with Crippen LogP contribution in [0.1, 0.15) is 18.9 Å². The predicted octanol–water partition coefficient (Wildman–Crippen LogP) is 1.95. The van der Waals surface area contributed by atoms with Crippen molar-refractivity contribution in [1.82, 2.24) is 5.32 Å². The Morgan fingerprint density at radius 2 is 2.00 bits per heavy atom. The maximum absolute atomic E-state index is 11.7. The van der Waals surface area contributed by atoms with Gasteiger partial charge in [0.25, 0.3) is 5.91 Å². The van der Waals surface area contributed by atoms with Gasteiger partial charge in [0.15, 0.2) is 6.61 Å². The lowest BCUT2D eigenvalue weighted by atomic mass is 10.2. The smallest absolute Gasteiger partial charge is 0.326 e. The molecule has 1 aromatic rings. The number of amides is 1. The van der Waals surface area contributed by atoms with Gasteiger partial charge in [0.2, 0.25) is 0 Å². The third-order valence-electron chi connectivity index (χ3n) is 2.95. The summed E-state index contributed by atoms with van der Waals surface area (Å²) in [6.07, 6.45) is 3.23.